The molecule has 0 N–H and O–H groups in total. The quantitative estimate of drug-likeness (QED) is 0.0562. The minimum atomic E-state index is -0.321. The van der Waals surface area contributed by atoms with Crippen LogP contribution in [-0.2, 0) is 78.2 Å². The van der Waals surface area contributed by atoms with Crippen molar-refractivity contribution in [2.24, 2.45) is 0 Å². The maximum absolute atomic E-state index is 13.4. The van der Waals surface area contributed by atoms with Gasteiger partial charge in [-0.05, 0) is 306 Å². The molecule has 6 nitrogen and oxygen atoms in total. The maximum Gasteiger partial charge on any atom is 0.123 e. The molecule has 12 heteroatoms. The molecular weight excluding hydrogens is 1390 g/mol. The van der Waals surface area contributed by atoms with Crippen molar-refractivity contribution < 1.29 is 54.8 Å². The summed E-state index contributed by atoms with van der Waals surface area (Å²) in [5.74, 6) is 1.54. The van der Waals surface area contributed by atoms with E-state index in [9.17, 15) is 26.3 Å². The zero-order valence-electron chi connectivity index (χ0n) is 66.3. The first-order chi connectivity index (χ1) is 53.0. The van der Waals surface area contributed by atoms with Crippen LogP contribution in [0.25, 0.3) is 0 Å². The van der Waals surface area contributed by atoms with Crippen molar-refractivity contribution in [3.05, 3.63) is 389 Å². The molecule has 0 unspecified atom stereocenters. The largest absolute Gasteiger partial charge is 0.489 e. The highest BCUT2D eigenvalue weighted by Gasteiger charge is 2.25. The van der Waals surface area contributed by atoms with E-state index in [1.54, 1.807) is 72.8 Å². The van der Waals surface area contributed by atoms with E-state index in [0.29, 0.717) is 74.1 Å². The van der Waals surface area contributed by atoms with Crippen molar-refractivity contribution in [1.82, 2.24) is 0 Å². The molecule has 12 aromatic rings. The van der Waals surface area contributed by atoms with Crippen molar-refractivity contribution in [2.75, 3.05) is 0 Å². The Hall–Kier alpha value is -11.0. The fourth-order valence-electron chi connectivity index (χ4n) is 13.1. The SMILES string of the molecule is CCc1c(COc2ccc(F)cc2)c(CC)c(COc2ccc(F)cc2)c(CC)c1COc1ccc(F)cc1.CCc1c(COc2ccc(F)cc2)c(CC)c(COc2ccc(F)cc2)c(CC)c1COc1ccc(F)cc1.Cc1cccc(C)c1.Cc1cccc(C)c1.Cc1cccc(C)c1.Cc1cccc(C)c1. The normalized spacial score (nSPS) is 10.4. The molecule has 0 heterocycles. The second kappa shape index (κ2) is 45.1. The Kier molecular flexibility index (Phi) is 35.4. The van der Waals surface area contributed by atoms with Crippen LogP contribution in [0.2, 0.25) is 0 Å². The van der Waals surface area contributed by atoms with Gasteiger partial charge in [-0.2, -0.15) is 0 Å². The zero-order chi connectivity index (χ0) is 79.5. The number of aryl methyl sites for hydroxylation is 8. The highest BCUT2D eigenvalue weighted by atomic mass is 19.1. The fraction of sp³-hybridized carbons (Fsp3) is 0.265. The van der Waals surface area contributed by atoms with E-state index in [1.165, 1.54) is 117 Å². The first-order valence-electron chi connectivity index (χ1n) is 37.8. The molecule has 12 aromatic carbocycles. The Bertz CT molecular complexity index is 3910. The third-order valence-electron chi connectivity index (χ3n) is 18.4. The topological polar surface area (TPSA) is 55.4 Å². The van der Waals surface area contributed by atoms with E-state index in [0.717, 1.165) is 105 Å². The van der Waals surface area contributed by atoms with Crippen LogP contribution in [0.15, 0.2) is 243 Å². The van der Waals surface area contributed by atoms with Crippen molar-refractivity contribution >= 4 is 0 Å². The highest BCUT2D eigenvalue weighted by Crippen LogP contribution is 2.36. The molecule has 0 bridgehead atoms. The highest BCUT2D eigenvalue weighted by molar-refractivity contribution is 5.54. The maximum atomic E-state index is 13.4. The summed E-state index contributed by atoms with van der Waals surface area (Å²) in [6.45, 7) is 31.3. The summed E-state index contributed by atoms with van der Waals surface area (Å²) < 4.78 is 117. The lowest BCUT2D eigenvalue weighted by Gasteiger charge is -2.26. The average Bonchev–Trinajstić information content (AvgIpc) is 0.774. The van der Waals surface area contributed by atoms with Crippen molar-refractivity contribution in [3.8, 4) is 34.5 Å². The monoisotopic (exact) mass is 1490 g/mol. The molecule has 0 radical (unpaired) electrons. The summed E-state index contributed by atoms with van der Waals surface area (Å²) in [5, 5.41) is 0. The van der Waals surface area contributed by atoms with Gasteiger partial charge in [-0.3, -0.25) is 0 Å². The molecule has 110 heavy (non-hydrogen) atoms. The number of hydrogen-bond acceptors (Lipinski definition) is 6. The second-order valence-electron chi connectivity index (χ2n) is 27.0. The van der Waals surface area contributed by atoms with Crippen LogP contribution in [0.3, 0.4) is 0 Å². The summed E-state index contributed by atoms with van der Waals surface area (Å²) in [6.07, 6.45) is 4.52. The van der Waals surface area contributed by atoms with Gasteiger partial charge in [-0.15, -0.1) is 0 Å². The van der Waals surface area contributed by atoms with E-state index < -0.39 is 0 Å². The zero-order valence-corrected chi connectivity index (χ0v) is 66.3. The Morgan fingerprint density at radius 2 is 0.291 bits per heavy atom. The van der Waals surface area contributed by atoms with Crippen LogP contribution in [-0.4, -0.2) is 0 Å². The predicted octanol–water partition coefficient (Wildman–Crippen LogP) is 26.3. The molecule has 0 aliphatic heterocycles. The molecule has 576 valence electrons. The van der Waals surface area contributed by atoms with Gasteiger partial charge in [-0.25, -0.2) is 26.3 Å². The molecule has 0 aliphatic rings. The minimum Gasteiger partial charge on any atom is -0.489 e. The Labute approximate surface area is 649 Å². The summed E-state index contributed by atoms with van der Waals surface area (Å²) in [4.78, 5) is 0. The average molecular weight is 1490 g/mol. The van der Waals surface area contributed by atoms with E-state index >= 15 is 0 Å². The molecule has 12 rings (SSSR count). The van der Waals surface area contributed by atoms with E-state index in [2.05, 4.69) is 194 Å². The molecule has 0 saturated heterocycles. The molecule has 0 saturated carbocycles. The summed E-state index contributed by atoms with van der Waals surface area (Å²) in [7, 11) is 0. The summed E-state index contributed by atoms with van der Waals surface area (Å²) in [6, 6.07) is 69.7. The molecule has 0 spiro atoms. The summed E-state index contributed by atoms with van der Waals surface area (Å²) in [5.41, 5.74) is 23.8. The van der Waals surface area contributed by atoms with Crippen LogP contribution in [0, 0.1) is 90.3 Å². The molecule has 0 atom stereocenters. The van der Waals surface area contributed by atoms with Gasteiger partial charge >= 0.3 is 0 Å². The van der Waals surface area contributed by atoms with Crippen molar-refractivity contribution in [3.63, 3.8) is 0 Å². The van der Waals surface area contributed by atoms with Crippen LogP contribution in [0.5, 0.6) is 34.5 Å². The fourth-order valence-corrected chi connectivity index (χ4v) is 13.1. The van der Waals surface area contributed by atoms with Gasteiger partial charge < -0.3 is 28.4 Å². The van der Waals surface area contributed by atoms with Crippen LogP contribution in [0.4, 0.5) is 26.3 Å². The first kappa shape index (κ1) is 86.3. The van der Waals surface area contributed by atoms with Crippen LogP contribution < -0.4 is 28.4 Å². The van der Waals surface area contributed by atoms with E-state index in [-0.39, 0.29) is 34.9 Å². The van der Waals surface area contributed by atoms with Gasteiger partial charge in [0, 0.05) is 0 Å². The van der Waals surface area contributed by atoms with Gasteiger partial charge in [0.15, 0.2) is 0 Å². The van der Waals surface area contributed by atoms with Crippen LogP contribution >= 0.6 is 0 Å². The summed E-state index contributed by atoms with van der Waals surface area (Å²) >= 11 is 0. The van der Waals surface area contributed by atoms with Crippen molar-refractivity contribution in [1.29, 1.82) is 0 Å². The Balaban J connectivity index is 0.000000217. The van der Waals surface area contributed by atoms with Gasteiger partial charge in [0.25, 0.3) is 0 Å². The number of hydrogen-bond donors (Lipinski definition) is 0. The number of halogens is 6. The number of benzene rings is 12. The Morgan fingerprint density at radius 1 is 0.173 bits per heavy atom. The van der Waals surface area contributed by atoms with Gasteiger partial charge in [0.1, 0.15) is 109 Å². The van der Waals surface area contributed by atoms with Crippen molar-refractivity contribution in [2.45, 2.75) is 175 Å². The standard InChI is InChI=1S/2C33H33F3O3.4C8H10/c2*1-4-28-31(19-37-25-13-7-22(34)8-14-25)29(5-2)33(21-39-27-17-11-24(36)12-18-27)30(6-3)32(28)20-38-26-15-9-23(35)10-16-26;4*1-7-4-3-5-8(2)6-7/h2*7-18H,4-6,19-21H2,1-3H3;4*3-6H,1-2H3. The first-order valence-corrected chi connectivity index (χ1v) is 37.8. The second-order valence-corrected chi connectivity index (χ2v) is 27.0. The minimum absolute atomic E-state index is 0.301. The molecule has 0 aliphatic carbocycles. The Morgan fingerprint density at radius 3 is 0.382 bits per heavy atom. The number of rotatable bonds is 24. The van der Waals surface area contributed by atoms with Crippen LogP contribution in [0.1, 0.15) is 153 Å². The van der Waals surface area contributed by atoms with Gasteiger partial charge in [0.2, 0.25) is 0 Å². The molecule has 0 aromatic heterocycles. The van der Waals surface area contributed by atoms with E-state index in [4.69, 9.17) is 28.4 Å². The smallest absolute Gasteiger partial charge is 0.123 e. The molecular formula is C98H106F6O6. The third-order valence-corrected chi connectivity index (χ3v) is 18.4. The third kappa shape index (κ3) is 27.9. The van der Waals surface area contributed by atoms with E-state index in [1.807, 2.05) is 0 Å². The molecule has 0 fully saturated rings. The lowest BCUT2D eigenvalue weighted by Crippen LogP contribution is -2.17. The molecule has 0 amide bonds. The number of ether oxygens (including phenoxy) is 6. The predicted molar refractivity (Wildman–Crippen MR) is 437 cm³/mol. The lowest BCUT2D eigenvalue weighted by atomic mass is 9.84. The van der Waals surface area contributed by atoms with Gasteiger partial charge in [-0.1, -0.05) is 183 Å². The lowest BCUT2D eigenvalue weighted by molar-refractivity contribution is 0.287. The van der Waals surface area contributed by atoms with Gasteiger partial charge in [0.05, 0.1) is 0 Å².